The van der Waals surface area contributed by atoms with Crippen molar-refractivity contribution in [1.82, 2.24) is 10.6 Å². The molecule has 0 saturated carbocycles. The highest BCUT2D eigenvalue weighted by Gasteiger charge is 2.41. The Hall–Kier alpha value is -1.60. The van der Waals surface area contributed by atoms with Crippen molar-refractivity contribution in [3.8, 4) is 0 Å². The molecular weight excluding hydrogens is 297 g/mol. The van der Waals surface area contributed by atoms with Gasteiger partial charge in [0.15, 0.2) is 0 Å². The fourth-order valence-corrected chi connectivity index (χ4v) is 2.58. The Morgan fingerprint density at radius 2 is 2.05 bits per heavy atom. The standard InChI is InChI=1S/C15H19F3N2O2/c1-22-10-14(6-7-19-9-14)13(21)20-8-11-2-4-12(5-3-11)15(16,17)18/h2-5,19H,6-10H2,1H3,(H,20,21). The lowest BCUT2D eigenvalue weighted by atomic mass is 9.87. The molecule has 1 heterocycles. The fourth-order valence-electron chi connectivity index (χ4n) is 2.58. The topological polar surface area (TPSA) is 50.4 Å². The smallest absolute Gasteiger partial charge is 0.384 e. The summed E-state index contributed by atoms with van der Waals surface area (Å²) in [6.45, 7) is 1.80. The number of alkyl halides is 3. The molecule has 1 unspecified atom stereocenters. The van der Waals surface area contributed by atoms with Gasteiger partial charge in [0.1, 0.15) is 0 Å². The average molecular weight is 316 g/mol. The monoisotopic (exact) mass is 316 g/mol. The molecule has 0 bridgehead atoms. The number of nitrogens with one attached hydrogen (secondary N) is 2. The quantitative estimate of drug-likeness (QED) is 0.873. The maximum Gasteiger partial charge on any atom is 0.416 e. The third-order valence-electron chi connectivity index (χ3n) is 3.88. The highest BCUT2D eigenvalue weighted by molar-refractivity contribution is 5.83. The Kier molecular flexibility index (Phi) is 5.08. The number of ether oxygens (including phenoxy) is 1. The minimum atomic E-state index is -4.35. The largest absolute Gasteiger partial charge is 0.416 e. The van der Waals surface area contributed by atoms with E-state index in [2.05, 4.69) is 10.6 Å². The van der Waals surface area contributed by atoms with Crippen LogP contribution in [0, 0.1) is 5.41 Å². The molecule has 1 aromatic rings. The van der Waals surface area contributed by atoms with Crippen LogP contribution in [0.3, 0.4) is 0 Å². The number of rotatable bonds is 5. The summed E-state index contributed by atoms with van der Waals surface area (Å²) in [4.78, 5) is 12.3. The van der Waals surface area contributed by atoms with Crippen LogP contribution in [0.25, 0.3) is 0 Å². The molecule has 0 spiro atoms. The van der Waals surface area contributed by atoms with E-state index in [1.54, 1.807) is 7.11 Å². The maximum atomic E-state index is 12.5. The van der Waals surface area contributed by atoms with Crippen molar-refractivity contribution in [2.45, 2.75) is 19.1 Å². The summed E-state index contributed by atoms with van der Waals surface area (Å²) < 4.78 is 42.6. The summed E-state index contributed by atoms with van der Waals surface area (Å²) in [5.41, 5.74) is -0.668. The predicted octanol–water partition coefficient (Wildman–Crippen LogP) is 1.95. The molecule has 22 heavy (non-hydrogen) atoms. The maximum absolute atomic E-state index is 12.5. The van der Waals surface area contributed by atoms with Crippen LogP contribution < -0.4 is 10.6 Å². The zero-order valence-corrected chi connectivity index (χ0v) is 12.3. The van der Waals surface area contributed by atoms with E-state index in [0.29, 0.717) is 25.1 Å². The third-order valence-corrected chi connectivity index (χ3v) is 3.88. The molecule has 2 N–H and O–H groups in total. The summed E-state index contributed by atoms with van der Waals surface area (Å²) in [5, 5.41) is 5.92. The van der Waals surface area contributed by atoms with Gasteiger partial charge in [0, 0.05) is 20.2 Å². The molecule has 1 aliphatic rings. The Balaban J connectivity index is 1.96. The average Bonchev–Trinajstić information content (AvgIpc) is 2.94. The number of benzene rings is 1. The number of carbonyl (C=O) groups is 1. The highest BCUT2D eigenvalue weighted by Crippen LogP contribution is 2.29. The molecule has 0 aliphatic carbocycles. The van der Waals surface area contributed by atoms with Gasteiger partial charge in [0.2, 0.25) is 5.91 Å². The van der Waals surface area contributed by atoms with E-state index in [1.165, 1.54) is 12.1 Å². The summed E-state index contributed by atoms with van der Waals surface area (Å²) in [6.07, 6.45) is -3.67. The van der Waals surface area contributed by atoms with E-state index < -0.39 is 17.2 Å². The minimum absolute atomic E-state index is 0.140. The van der Waals surface area contributed by atoms with Crippen molar-refractivity contribution >= 4 is 5.91 Å². The second-order valence-corrected chi connectivity index (χ2v) is 5.52. The first-order valence-corrected chi connectivity index (χ1v) is 7.01. The summed E-state index contributed by atoms with van der Waals surface area (Å²) in [7, 11) is 1.54. The van der Waals surface area contributed by atoms with E-state index in [0.717, 1.165) is 18.7 Å². The highest BCUT2D eigenvalue weighted by atomic mass is 19.4. The van der Waals surface area contributed by atoms with Crippen molar-refractivity contribution in [1.29, 1.82) is 0 Å². The van der Waals surface area contributed by atoms with Crippen molar-refractivity contribution in [3.05, 3.63) is 35.4 Å². The SMILES string of the molecule is COCC1(C(=O)NCc2ccc(C(F)(F)F)cc2)CCNC1. The number of methoxy groups -OCH3 is 1. The number of hydrogen-bond donors (Lipinski definition) is 2. The summed E-state index contributed by atoms with van der Waals surface area (Å²) >= 11 is 0. The molecule has 1 aliphatic heterocycles. The predicted molar refractivity (Wildman–Crippen MR) is 75.1 cm³/mol. The normalized spacial score (nSPS) is 21.8. The third kappa shape index (κ3) is 3.78. The van der Waals surface area contributed by atoms with Crippen LogP contribution in [0.1, 0.15) is 17.5 Å². The molecule has 0 radical (unpaired) electrons. The van der Waals surface area contributed by atoms with Gasteiger partial charge in [-0.05, 0) is 30.7 Å². The van der Waals surface area contributed by atoms with Gasteiger partial charge in [-0.1, -0.05) is 12.1 Å². The Labute approximate surface area is 127 Å². The van der Waals surface area contributed by atoms with E-state index in [1.807, 2.05) is 0 Å². The molecule has 1 saturated heterocycles. The molecule has 1 fully saturated rings. The minimum Gasteiger partial charge on any atom is -0.384 e. The lowest BCUT2D eigenvalue weighted by molar-refractivity contribution is -0.137. The number of carbonyl (C=O) groups excluding carboxylic acids is 1. The molecule has 122 valence electrons. The second kappa shape index (κ2) is 6.66. The fraction of sp³-hybridized carbons (Fsp3) is 0.533. The van der Waals surface area contributed by atoms with Crippen molar-refractivity contribution in [2.75, 3.05) is 26.8 Å². The molecule has 2 rings (SSSR count). The summed E-state index contributed by atoms with van der Waals surface area (Å²) in [6, 6.07) is 4.78. The van der Waals surface area contributed by atoms with Crippen LogP contribution in [0.5, 0.6) is 0 Å². The Bertz CT molecular complexity index is 509. The van der Waals surface area contributed by atoms with Crippen LogP contribution >= 0.6 is 0 Å². The molecule has 7 heteroatoms. The zero-order chi connectivity index (χ0) is 16.2. The zero-order valence-electron chi connectivity index (χ0n) is 12.3. The van der Waals surface area contributed by atoms with Crippen LogP contribution in [-0.4, -0.2) is 32.7 Å². The number of amides is 1. The Morgan fingerprint density at radius 3 is 2.55 bits per heavy atom. The van der Waals surface area contributed by atoms with Crippen molar-refractivity contribution in [3.63, 3.8) is 0 Å². The van der Waals surface area contributed by atoms with Crippen LogP contribution in [0.2, 0.25) is 0 Å². The Morgan fingerprint density at radius 1 is 1.36 bits per heavy atom. The van der Waals surface area contributed by atoms with Gasteiger partial charge < -0.3 is 15.4 Å². The van der Waals surface area contributed by atoms with Crippen LogP contribution in [0.4, 0.5) is 13.2 Å². The van der Waals surface area contributed by atoms with Gasteiger partial charge in [-0.25, -0.2) is 0 Å². The number of halogens is 3. The first-order valence-electron chi connectivity index (χ1n) is 7.01. The van der Waals surface area contributed by atoms with Gasteiger partial charge in [-0.3, -0.25) is 4.79 Å². The molecule has 1 aromatic carbocycles. The van der Waals surface area contributed by atoms with Crippen LogP contribution in [0.15, 0.2) is 24.3 Å². The first-order chi connectivity index (χ1) is 10.4. The first kappa shape index (κ1) is 16.8. The van der Waals surface area contributed by atoms with Crippen molar-refractivity contribution < 1.29 is 22.7 Å². The van der Waals surface area contributed by atoms with Gasteiger partial charge in [-0.15, -0.1) is 0 Å². The molecule has 4 nitrogen and oxygen atoms in total. The lowest BCUT2D eigenvalue weighted by Crippen LogP contribution is -2.45. The number of hydrogen-bond acceptors (Lipinski definition) is 3. The van der Waals surface area contributed by atoms with E-state index in [-0.39, 0.29) is 12.5 Å². The van der Waals surface area contributed by atoms with E-state index in [4.69, 9.17) is 4.74 Å². The van der Waals surface area contributed by atoms with Gasteiger partial charge in [0.25, 0.3) is 0 Å². The lowest BCUT2D eigenvalue weighted by Gasteiger charge is -2.26. The van der Waals surface area contributed by atoms with Gasteiger partial charge in [0.05, 0.1) is 17.6 Å². The second-order valence-electron chi connectivity index (χ2n) is 5.52. The van der Waals surface area contributed by atoms with E-state index >= 15 is 0 Å². The molecule has 1 atom stereocenters. The summed E-state index contributed by atoms with van der Waals surface area (Å²) in [5.74, 6) is -0.140. The molecular formula is C15H19F3N2O2. The molecule has 1 amide bonds. The van der Waals surface area contributed by atoms with Gasteiger partial charge >= 0.3 is 6.18 Å². The van der Waals surface area contributed by atoms with Crippen LogP contribution in [-0.2, 0) is 22.3 Å². The van der Waals surface area contributed by atoms with E-state index in [9.17, 15) is 18.0 Å². The molecule has 0 aromatic heterocycles. The van der Waals surface area contributed by atoms with Crippen molar-refractivity contribution in [2.24, 2.45) is 5.41 Å². The van der Waals surface area contributed by atoms with Gasteiger partial charge in [-0.2, -0.15) is 13.2 Å².